The third-order valence-electron chi connectivity index (χ3n) is 4.82. The number of nitrogens with zero attached hydrogens (tertiary/aromatic N) is 2. The standard InChI is InChI=1S/C26H18ClN3O3S/c1-16-2-11-22-23(12-16)34-25(30-22)18-5-9-21(10-6-18)29-24(31)15-33-26(32)19(14-28)13-17-3-7-20(27)8-4-17/h2-13H,15H2,1H3,(H,29,31)/b19-13-. The minimum atomic E-state index is -0.881. The van der Waals surface area contributed by atoms with E-state index in [2.05, 4.69) is 16.4 Å². The minimum absolute atomic E-state index is 0.217. The summed E-state index contributed by atoms with van der Waals surface area (Å²) in [4.78, 5) is 29.0. The van der Waals surface area contributed by atoms with Crippen molar-refractivity contribution in [3.8, 4) is 16.6 Å². The first-order chi connectivity index (χ1) is 16.4. The number of aromatic nitrogens is 1. The first-order valence-corrected chi connectivity index (χ1v) is 11.4. The number of ether oxygens (including phenoxy) is 1. The third kappa shape index (κ3) is 5.67. The largest absolute Gasteiger partial charge is 0.451 e. The van der Waals surface area contributed by atoms with Crippen molar-refractivity contribution in [3.63, 3.8) is 0 Å². The van der Waals surface area contributed by atoms with Crippen molar-refractivity contribution < 1.29 is 14.3 Å². The van der Waals surface area contributed by atoms with Gasteiger partial charge in [-0.3, -0.25) is 4.79 Å². The average molecular weight is 488 g/mol. The molecule has 0 fully saturated rings. The van der Waals surface area contributed by atoms with Gasteiger partial charge in [-0.05, 0) is 72.7 Å². The van der Waals surface area contributed by atoms with Gasteiger partial charge in [0.25, 0.3) is 5.91 Å². The zero-order valence-corrected chi connectivity index (χ0v) is 19.6. The second-order valence-electron chi connectivity index (χ2n) is 7.41. The molecule has 0 bridgehead atoms. The highest BCUT2D eigenvalue weighted by atomic mass is 35.5. The second-order valence-corrected chi connectivity index (χ2v) is 8.88. The maximum absolute atomic E-state index is 12.2. The van der Waals surface area contributed by atoms with Crippen molar-refractivity contribution >= 4 is 56.8 Å². The Labute approximate surface area is 205 Å². The topological polar surface area (TPSA) is 92.1 Å². The normalized spacial score (nSPS) is 11.1. The van der Waals surface area contributed by atoms with Crippen LogP contribution in [-0.2, 0) is 14.3 Å². The molecule has 34 heavy (non-hydrogen) atoms. The lowest BCUT2D eigenvalue weighted by atomic mass is 10.1. The van der Waals surface area contributed by atoms with Gasteiger partial charge in [-0.25, -0.2) is 9.78 Å². The maximum Gasteiger partial charge on any atom is 0.349 e. The van der Waals surface area contributed by atoms with Crippen molar-refractivity contribution in [2.24, 2.45) is 0 Å². The third-order valence-corrected chi connectivity index (χ3v) is 6.13. The van der Waals surface area contributed by atoms with Crippen LogP contribution in [0, 0.1) is 18.3 Å². The Bertz CT molecular complexity index is 1440. The molecule has 4 aromatic rings. The van der Waals surface area contributed by atoms with Crippen molar-refractivity contribution in [2.45, 2.75) is 6.92 Å². The molecule has 0 aliphatic heterocycles. The van der Waals surface area contributed by atoms with E-state index in [0.29, 0.717) is 16.3 Å². The molecule has 0 radical (unpaired) electrons. The fourth-order valence-corrected chi connectivity index (χ4v) is 4.32. The zero-order chi connectivity index (χ0) is 24.1. The van der Waals surface area contributed by atoms with E-state index in [-0.39, 0.29) is 5.57 Å². The Kier molecular flexibility index (Phi) is 7.02. The van der Waals surface area contributed by atoms with Crippen LogP contribution in [0.3, 0.4) is 0 Å². The van der Waals surface area contributed by atoms with E-state index in [0.717, 1.165) is 20.8 Å². The van der Waals surface area contributed by atoms with Crippen LogP contribution in [0.25, 0.3) is 26.9 Å². The summed E-state index contributed by atoms with van der Waals surface area (Å²) in [5.41, 5.74) is 4.03. The van der Waals surface area contributed by atoms with Gasteiger partial charge in [0.05, 0.1) is 10.2 Å². The van der Waals surface area contributed by atoms with E-state index in [9.17, 15) is 14.9 Å². The molecule has 4 rings (SSSR count). The van der Waals surface area contributed by atoms with Gasteiger partial charge in [-0.1, -0.05) is 29.8 Å². The molecule has 1 N–H and O–H groups in total. The lowest BCUT2D eigenvalue weighted by Crippen LogP contribution is -2.21. The summed E-state index contributed by atoms with van der Waals surface area (Å²) in [6, 6.07) is 21.8. The van der Waals surface area contributed by atoms with E-state index in [1.807, 2.05) is 31.2 Å². The van der Waals surface area contributed by atoms with Crippen LogP contribution in [0.4, 0.5) is 5.69 Å². The van der Waals surface area contributed by atoms with Gasteiger partial charge >= 0.3 is 5.97 Å². The van der Waals surface area contributed by atoms with E-state index >= 15 is 0 Å². The highest BCUT2D eigenvalue weighted by Gasteiger charge is 2.14. The van der Waals surface area contributed by atoms with E-state index in [1.54, 1.807) is 53.8 Å². The molecule has 168 valence electrons. The quantitative estimate of drug-likeness (QED) is 0.204. The van der Waals surface area contributed by atoms with Gasteiger partial charge < -0.3 is 10.1 Å². The highest BCUT2D eigenvalue weighted by Crippen LogP contribution is 2.31. The van der Waals surface area contributed by atoms with Crippen LogP contribution in [0.1, 0.15) is 11.1 Å². The number of nitriles is 1. The number of benzene rings is 3. The van der Waals surface area contributed by atoms with Crippen molar-refractivity contribution in [2.75, 3.05) is 11.9 Å². The summed E-state index contributed by atoms with van der Waals surface area (Å²) in [5, 5.41) is 13.3. The number of halogens is 1. The fourth-order valence-electron chi connectivity index (χ4n) is 3.12. The van der Waals surface area contributed by atoms with Crippen LogP contribution in [0.5, 0.6) is 0 Å². The Morgan fingerprint density at radius 2 is 1.85 bits per heavy atom. The summed E-state index contributed by atoms with van der Waals surface area (Å²) < 4.78 is 6.11. The Balaban J connectivity index is 1.34. The Morgan fingerprint density at radius 3 is 2.56 bits per heavy atom. The van der Waals surface area contributed by atoms with Gasteiger partial charge in [-0.15, -0.1) is 11.3 Å². The molecule has 0 saturated carbocycles. The predicted molar refractivity (Wildman–Crippen MR) is 134 cm³/mol. The lowest BCUT2D eigenvalue weighted by Gasteiger charge is -2.07. The Morgan fingerprint density at radius 1 is 1.12 bits per heavy atom. The number of carbonyl (C=O) groups is 2. The van der Waals surface area contributed by atoms with Crippen LogP contribution in [-0.4, -0.2) is 23.5 Å². The molecule has 0 aliphatic carbocycles. The number of amides is 1. The monoisotopic (exact) mass is 487 g/mol. The van der Waals surface area contributed by atoms with Gasteiger partial charge in [0.2, 0.25) is 0 Å². The molecular formula is C26H18ClN3O3S. The number of hydrogen-bond acceptors (Lipinski definition) is 6. The molecule has 0 saturated heterocycles. The van der Waals surface area contributed by atoms with E-state index in [4.69, 9.17) is 16.3 Å². The van der Waals surface area contributed by atoms with Gasteiger partial charge in [0.15, 0.2) is 6.61 Å². The highest BCUT2D eigenvalue weighted by molar-refractivity contribution is 7.21. The molecule has 1 heterocycles. The smallest absolute Gasteiger partial charge is 0.349 e. The number of thiazole rings is 1. The molecule has 8 heteroatoms. The number of rotatable bonds is 6. The number of esters is 1. The van der Waals surface area contributed by atoms with E-state index < -0.39 is 18.5 Å². The lowest BCUT2D eigenvalue weighted by molar-refractivity contribution is -0.142. The first-order valence-electron chi connectivity index (χ1n) is 10.2. The minimum Gasteiger partial charge on any atom is -0.451 e. The van der Waals surface area contributed by atoms with Crippen molar-refractivity contribution in [1.29, 1.82) is 5.26 Å². The molecular weight excluding hydrogens is 470 g/mol. The van der Waals surface area contributed by atoms with Crippen molar-refractivity contribution in [1.82, 2.24) is 4.98 Å². The molecule has 3 aromatic carbocycles. The molecule has 1 aromatic heterocycles. The summed E-state index contributed by atoms with van der Waals surface area (Å²) in [5.74, 6) is -1.39. The molecule has 6 nitrogen and oxygen atoms in total. The first kappa shape index (κ1) is 23.2. The summed E-state index contributed by atoms with van der Waals surface area (Å²) >= 11 is 7.44. The average Bonchev–Trinajstić information content (AvgIpc) is 3.26. The van der Waals surface area contributed by atoms with Crippen LogP contribution in [0.2, 0.25) is 5.02 Å². The second kappa shape index (κ2) is 10.3. The van der Waals surface area contributed by atoms with Crippen LogP contribution >= 0.6 is 22.9 Å². The number of fused-ring (bicyclic) bond motifs is 1. The van der Waals surface area contributed by atoms with Gasteiger partial charge in [0, 0.05) is 16.3 Å². The maximum atomic E-state index is 12.2. The van der Waals surface area contributed by atoms with E-state index in [1.165, 1.54) is 11.6 Å². The summed E-state index contributed by atoms with van der Waals surface area (Å²) in [7, 11) is 0. The number of carbonyl (C=O) groups excluding carboxylic acids is 2. The molecule has 0 atom stereocenters. The molecule has 0 spiro atoms. The zero-order valence-electron chi connectivity index (χ0n) is 18.0. The van der Waals surface area contributed by atoms with Crippen LogP contribution < -0.4 is 5.32 Å². The Hall–Kier alpha value is -3.99. The fraction of sp³-hybridized carbons (Fsp3) is 0.0769. The number of nitrogens with one attached hydrogen (secondary N) is 1. The number of aryl methyl sites for hydroxylation is 1. The number of anilines is 1. The summed E-state index contributed by atoms with van der Waals surface area (Å²) in [6.07, 6.45) is 1.37. The van der Waals surface area contributed by atoms with Gasteiger partial charge in [0.1, 0.15) is 16.6 Å². The molecule has 1 amide bonds. The molecule has 0 unspecified atom stereocenters. The van der Waals surface area contributed by atoms with Crippen molar-refractivity contribution in [3.05, 3.63) is 88.5 Å². The predicted octanol–water partition coefficient (Wildman–Crippen LogP) is 6.01. The SMILES string of the molecule is Cc1ccc2nc(-c3ccc(NC(=O)COC(=O)/C(C#N)=C\c4ccc(Cl)cc4)cc3)sc2c1. The summed E-state index contributed by atoms with van der Waals surface area (Å²) in [6.45, 7) is 1.53. The van der Waals surface area contributed by atoms with Gasteiger partial charge in [-0.2, -0.15) is 5.26 Å². The molecule has 0 aliphatic rings. The number of hydrogen-bond donors (Lipinski definition) is 1. The van der Waals surface area contributed by atoms with Crippen LogP contribution in [0.15, 0.2) is 72.3 Å².